The largest absolute Gasteiger partial charge is 0.500 e. The van der Waals surface area contributed by atoms with Crippen LogP contribution in [0.4, 0.5) is 0 Å². The van der Waals surface area contributed by atoms with Crippen LogP contribution in [0.1, 0.15) is 6.92 Å². The molecule has 0 bridgehead atoms. The molecule has 0 N–H and O–H groups in total. The van der Waals surface area contributed by atoms with Crippen molar-refractivity contribution in [3.8, 4) is 6.07 Å². The molecule has 0 saturated carbocycles. The Labute approximate surface area is 49.4 Å². The second kappa shape index (κ2) is 4.20. The molecule has 0 aliphatic rings. The number of ether oxygens (including phenoxy) is 1. The van der Waals surface area contributed by atoms with Crippen molar-refractivity contribution in [1.82, 2.24) is 0 Å². The average molecular weight is 111 g/mol. The maximum atomic E-state index is 8.20. The van der Waals surface area contributed by atoms with Gasteiger partial charge in [-0.3, -0.25) is 0 Å². The smallest absolute Gasteiger partial charge is 0.103 e. The summed E-state index contributed by atoms with van der Waals surface area (Å²) in [6, 6.07) is 2.03. The van der Waals surface area contributed by atoms with Gasteiger partial charge in [-0.15, -0.1) is 0 Å². The van der Waals surface area contributed by atoms with E-state index in [2.05, 4.69) is 6.58 Å². The van der Waals surface area contributed by atoms with Crippen LogP contribution in [0.5, 0.6) is 0 Å². The normalized spacial score (nSPS) is 11.5. The number of hydrogen-bond acceptors (Lipinski definition) is 2. The minimum absolute atomic E-state index is 0.0343. The summed E-state index contributed by atoms with van der Waals surface area (Å²) in [5.74, 6) is -0.0343. The second-order valence-electron chi connectivity index (χ2n) is 1.53. The molecule has 0 aliphatic carbocycles. The van der Waals surface area contributed by atoms with Gasteiger partial charge in [-0.1, -0.05) is 6.58 Å². The first-order chi connectivity index (χ1) is 3.81. The van der Waals surface area contributed by atoms with Gasteiger partial charge in [0.15, 0.2) is 0 Å². The van der Waals surface area contributed by atoms with Crippen molar-refractivity contribution in [2.75, 3.05) is 6.61 Å². The van der Waals surface area contributed by atoms with Crippen LogP contribution in [0.15, 0.2) is 12.8 Å². The van der Waals surface area contributed by atoms with Crippen molar-refractivity contribution >= 4 is 0 Å². The fourth-order valence-corrected chi connectivity index (χ4v) is 0.250. The Morgan fingerprint density at radius 3 is 3.00 bits per heavy atom. The maximum absolute atomic E-state index is 8.20. The second-order valence-corrected chi connectivity index (χ2v) is 1.53. The molecule has 0 aliphatic heterocycles. The van der Waals surface area contributed by atoms with Crippen LogP contribution < -0.4 is 0 Å². The highest BCUT2D eigenvalue weighted by Crippen LogP contribution is 1.91. The minimum Gasteiger partial charge on any atom is -0.500 e. The van der Waals surface area contributed by atoms with Crippen molar-refractivity contribution in [3.05, 3.63) is 12.8 Å². The highest BCUT2D eigenvalue weighted by Gasteiger charge is 1.94. The van der Waals surface area contributed by atoms with Gasteiger partial charge in [0.05, 0.1) is 18.2 Å². The van der Waals surface area contributed by atoms with E-state index >= 15 is 0 Å². The first-order valence-corrected chi connectivity index (χ1v) is 2.43. The van der Waals surface area contributed by atoms with E-state index in [9.17, 15) is 0 Å². The lowest BCUT2D eigenvalue weighted by atomic mass is 10.2. The summed E-state index contributed by atoms with van der Waals surface area (Å²) in [5, 5.41) is 8.20. The van der Waals surface area contributed by atoms with E-state index in [1.54, 1.807) is 6.92 Å². The summed E-state index contributed by atoms with van der Waals surface area (Å²) in [6.07, 6.45) is 1.34. The van der Waals surface area contributed by atoms with Gasteiger partial charge in [-0.25, -0.2) is 0 Å². The predicted molar refractivity (Wildman–Crippen MR) is 30.9 cm³/mol. The van der Waals surface area contributed by atoms with Crippen molar-refractivity contribution in [2.24, 2.45) is 5.92 Å². The first kappa shape index (κ1) is 7.03. The monoisotopic (exact) mass is 111 g/mol. The summed E-state index contributed by atoms with van der Waals surface area (Å²) in [4.78, 5) is 0. The molecule has 0 heterocycles. The molecular weight excluding hydrogens is 102 g/mol. The Morgan fingerprint density at radius 2 is 2.62 bits per heavy atom. The molecule has 2 nitrogen and oxygen atoms in total. The van der Waals surface area contributed by atoms with Gasteiger partial charge in [0.1, 0.15) is 6.61 Å². The van der Waals surface area contributed by atoms with Gasteiger partial charge in [-0.2, -0.15) is 5.26 Å². The van der Waals surface area contributed by atoms with Gasteiger partial charge in [0, 0.05) is 0 Å². The van der Waals surface area contributed by atoms with E-state index in [0.29, 0.717) is 6.61 Å². The van der Waals surface area contributed by atoms with Crippen LogP contribution in [0.3, 0.4) is 0 Å². The Balaban J connectivity index is 3.14. The molecule has 1 unspecified atom stereocenters. The maximum Gasteiger partial charge on any atom is 0.103 e. The summed E-state index contributed by atoms with van der Waals surface area (Å²) < 4.78 is 4.73. The van der Waals surface area contributed by atoms with E-state index in [4.69, 9.17) is 10.00 Å². The molecule has 0 spiro atoms. The molecule has 8 heavy (non-hydrogen) atoms. The third-order valence-corrected chi connectivity index (χ3v) is 0.684. The highest BCUT2D eigenvalue weighted by molar-refractivity contribution is 4.78. The third-order valence-electron chi connectivity index (χ3n) is 0.684. The number of rotatable bonds is 3. The Morgan fingerprint density at radius 1 is 2.00 bits per heavy atom. The van der Waals surface area contributed by atoms with E-state index in [-0.39, 0.29) is 5.92 Å². The van der Waals surface area contributed by atoms with Gasteiger partial charge in [0.25, 0.3) is 0 Å². The van der Waals surface area contributed by atoms with Gasteiger partial charge < -0.3 is 4.74 Å². The van der Waals surface area contributed by atoms with E-state index in [1.807, 2.05) is 6.07 Å². The van der Waals surface area contributed by atoms with Crippen molar-refractivity contribution in [3.63, 3.8) is 0 Å². The van der Waals surface area contributed by atoms with Crippen LogP contribution in [-0.2, 0) is 4.74 Å². The van der Waals surface area contributed by atoms with Crippen LogP contribution in [0.25, 0.3) is 0 Å². The first-order valence-electron chi connectivity index (χ1n) is 2.43. The highest BCUT2D eigenvalue weighted by atomic mass is 16.5. The SMILES string of the molecule is C=COCC(C)C#N. The molecule has 1 atom stereocenters. The quantitative estimate of drug-likeness (QED) is 0.514. The van der Waals surface area contributed by atoms with Crippen molar-refractivity contribution in [1.29, 1.82) is 5.26 Å². The molecule has 0 fully saturated rings. The molecule has 2 heteroatoms. The van der Waals surface area contributed by atoms with Gasteiger partial charge >= 0.3 is 0 Å². The molecule has 0 aromatic heterocycles. The number of nitrogens with zero attached hydrogens (tertiary/aromatic N) is 1. The molecule has 0 saturated heterocycles. The molecular formula is C6H9NO. The fourth-order valence-electron chi connectivity index (χ4n) is 0.250. The van der Waals surface area contributed by atoms with Crippen LogP contribution in [-0.4, -0.2) is 6.61 Å². The van der Waals surface area contributed by atoms with Gasteiger partial charge in [0.2, 0.25) is 0 Å². The Kier molecular flexibility index (Phi) is 3.69. The van der Waals surface area contributed by atoms with Crippen LogP contribution >= 0.6 is 0 Å². The van der Waals surface area contributed by atoms with Crippen LogP contribution in [0, 0.1) is 17.2 Å². The lowest BCUT2D eigenvalue weighted by Gasteiger charge is -1.98. The summed E-state index contributed by atoms with van der Waals surface area (Å²) in [7, 11) is 0. The fraction of sp³-hybridized carbons (Fsp3) is 0.500. The zero-order valence-corrected chi connectivity index (χ0v) is 4.92. The lowest BCUT2D eigenvalue weighted by molar-refractivity contribution is 0.226. The van der Waals surface area contributed by atoms with Gasteiger partial charge in [-0.05, 0) is 6.92 Å². The molecule has 0 amide bonds. The number of nitriles is 1. The molecule has 0 rings (SSSR count). The summed E-state index contributed by atoms with van der Waals surface area (Å²) in [5.41, 5.74) is 0. The molecule has 44 valence electrons. The minimum atomic E-state index is -0.0343. The average Bonchev–Trinajstić information content (AvgIpc) is 1.83. The number of hydrogen-bond donors (Lipinski definition) is 0. The lowest BCUT2D eigenvalue weighted by Crippen LogP contribution is -1.98. The zero-order chi connectivity index (χ0) is 6.41. The Bertz CT molecular complexity index is 104. The zero-order valence-electron chi connectivity index (χ0n) is 4.92. The standard InChI is InChI=1S/C6H9NO/c1-3-8-5-6(2)4-7/h3,6H,1,5H2,2H3. The van der Waals surface area contributed by atoms with Crippen molar-refractivity contribution < 1.29 is 4.74 Å². The topological polar surface area (TPSA) is 33.0 Å². The summed E-state index contributed by atoms with van der Waals surface area (Å²) >= 11 is 0. The third kappa shape index (κ3) is 3.23. The molecule has 0 radical (unpaired) electrons. The molecule has 0 aromatic rings. The van der Waals surface area contributed by atoms with Crippen molar-refractivity contribution in [2.45, 2.75) is 6.92 Å². The molecule has 0 aromatic carbocycles. The van der Waals surface area contributed by atoms with E-state index in [1.165, 1.54) is 6.26 Å². The summed E-state index contributed by atoms with van der Waals surface area (Å²) in [6.45, 7) is 5.57. The van der Waals surface area contributed by atoms with Crippen LogP contribution in [0.2, 0.25) is 0 Å². The Hall–Kier alpha value is -0.970. The van der Waals surface area contributed by atoms with E-state index < -0.39 is 0 Å². The van der Waals surface area contributed by atoms with E-state index in [0.717, 1.165) is 0 Å². The predicted octanol–water partition coefficient (Wildman–Crippen LogP) is 1.31.